The molecule has 2 aromatic rings. The number of hydrogen-bond donors (Lipinski definition) is 1. The second kappa shape index (κ2) is 7.24. The predicted octanol–water partition coefficient (Wildman–Crippen LogP) is 5.33. The number of rotatable bonds is 5. The Balaban J connectivity index is 1.45. The second-order valence-corrected chi connectivity index (χ2v) is 7.38. The lowest BCUT2D eigenvalue weighted by Crippen LogP contribution is -2.25. The Morgan fingerprint density at radius 1 is 1.05 bits per heavy atom. The second-order valence-electron chi connectivity index (χ2n) is 6.43. The Morgan fingerprint density at radius 3 is 2.48 bits per heavy atom. The van der Waals surface area contributed by atoms with E-state index in [1.807, 2.05) is 0 Å². The molecule has 1 aromatic carbocycles. The topological polar surface area (TPSA) is 12.0 Å². The molecule has 3 rings (SSSR count). The molecule has 1 fully saturated rings. The molecule has 1 nitrogen and oxygen atoms in total. The summed E-state index contributed by atoms with van der Waals surface area (Å²) in [6.45, 7) is 4.56. The van der Waals surface area contributed by atoms with E-state index in [1.54, 1.807) is 11.3 Å². The maximum Gasteiger partial charge on any atom is 0.0342 e. The summed E-state index contributed by atoms with van der Waals surface area (Å²) in [5.41, 5.74) is 2.72. The van der Waals surface area contributed by atoms with E-state index in [2.05, 4.69) is 54.0 Å². The van der Waals surface area contributed by atoms with Gasteiger partial charge in [-0.3, -0.25) is 0 Å². The fourth-order valence-electron chi connectivity index (χ4n) is 3.18. The minimum Gasteiger partial charge on any atom is -0.312 e. The Kier molecular flexibility index (Phi) is 5.10. The molecule has 1 saturated carbocycles. The highest BCUT2D eigenvalue weighted by atomic mass is 32.1. The Hall–Kier alpha value is -1.12. The van der Waals surface area contributed by atoms with Gasteiger partial charge in [0.1, 0.15) is 0 Å². The van der Waals surface area contributed by atoms with Crippen LogP contribution in [-0.4, -0.2) is 6.54 Å². The van der Waals surface area contributed by atoms with Crippen LogP contribution in [0.1, 0.15) is 38.2 Å². The van der Waals surface area contributed by atoms with Gasteiger partial charge in [-0.15, -0.1) is 11.3 Å². The van der Waals surface area contributed by atoms with Crippen molar-refractivity contribution in [2.24, 2.45) is 11.8 Å². The van der Waals surface area contributed by atoms with E-state index in [1.165, 1.54) is 48.2 Å². The monoisotopic (exact) mass is 299 g/mol. The Labute approximate surface area is 132 Å². The third-order valence-electron chi connectivity index (χ3n) is 4.66. The van der Waals surface area contributed by atoms with Crippen LogP contribution in [0.2, 0.25) is 0 Å². The van der Waals surface area contributed by atoms with Crippen LogP contribution in [0, 0.1) is 11.8 Å². The summed E-state index contributed by atoms with van der Waals surface area (Å²) in [5, 5.41) is 5.78. The summed E-state index contributed by atoms with van der Waals surface area (Å²) >= 11 is 1.80. The highest BCUT2D eigenvalue weighted by Gasteiger charge is 2.17. The molecule has 112 valence electrons. The van der Waals surface area contributed by atoms with Crippen LogP contribution < -0.4 is 5.32 Å². The molecule has 0 saturated heterocycles. The number of thiophene rings is 1. The van der Waals surface area contributed by atoms with Gasteiger partial charge in [-0.25, -0.2) is 0 Å². The molecule has 1 N–H and O–H groups in total. The minimum atomic E-state index is 0.895. The van der Waals surface area contributed by atoms with Gasteiger partial charge in [0.25, 0.3) is 0 Å². The first-order chi connectivity index (χ1) is 10.3. The normalized spacial score (nSPS) is 22.3. The van der Waals surface area contributed by atoms with Gasteiger partial charge < -0.3 is 5.32 Å². The van der Waals surface area contributed by atoms with Gasteiger partial charge in [0.2, 0.25) is 0 Å². The lowest BCUT2D eigenvalue weighted by molar-refractivity contribution is 0.281. The van der Waals surface area contributed by atoms with Gasteiger partial charge in [-0.1, -0.05) is 50.1 Å². The van der Waals surface area contributed by atoms with Crippen LogP contribution in [0.5, 0.6) is 0 Å². The number of hydrogen-bond acceptors (Lipinski definition) is 2. The van der Waals surface area contributed by atoms with E-state index in [0.717, 1.165) is 18.4 Å². The van der Waals surface area contributed by atoms with Crippen molar-refractivity contribution in [3.05, 3.63) is 47.3 Å². The smallest absolute Gasteiger partial charge is 0.0342 e. The summed E-state index contributed by atoms with van der Waals surface area (Å²) in [4.78, 5) is 1.35. The molecule has 0 aliphatic heterocycles. The molecule has 0 radical (unpaired) electrons. The van der Waals surface area contributed by atoms with Crippen LogP contribution in [0.15, 0.2) is 41.8 Å². The largest absolute Gasteiger partial charge is 0.312 e. The SMILES string of the molecule is CC1CCC(CNCc2ccc(-c3cccs3)cc2)CC1. The molecule has 0 unspecified atom stereocenters. The highest BCUT2D eigenvalue weighted by molar-refractivity contribution is 7.13. The lowest BCUT2D eigenvalue weighted by atomic mass is 9.83. The average molecular weight is 299 g/mol. The van der Waals surface area contributed by atoms with Gasteiger partial charge in [0, 0.05) is 11.4 Å². The maximum absolute atomic E-state index is 3.64. The summed E-state index contributed by atoms with van der Waals surface area (Å²) in [6.07, 6.45) is 5.65. The zero-order valence-corrected chi connectivity index (χ0v) is 13.7. The van der Waals surface area contributed by atoms with Gasteiger partial charge in [-0.05, 0) is 53.8 Å². The van der Waals surface area contributed by atoms with Gasteiger partial charge >= 0.3 is 0 Å². The molecule has 0 spiro atoms. The van der Waals surface area contributed by atoms with Gasteiger partial charge in [0.05, 0.1) is 0 Å². The molecule has 1 aliphatic rings. The molecular weight excluding hydrogens is 274 g/mol. The number of nitrogens with one attached hydrogen (secondary N) is 1. The molecule has 0 amide bonds. The van der Waals surface area contributed by atoms with Crippen LogP contribution in [0.4, 0.5) is 0 Å². The third kappa shape index (κ3) is 4.18. The molecular formula is C19H25NS. The minimum absolute atomic E-state index is 0.895. The van der Waals surface area contributed by atoms with Crippen LogP contribution >= 0.6 is 11.3 Å². The molecule has 1 aliphatic carbocycles. The quantitative estimate of drug-likeness (QED) is 0.786. The first-order valence-corrected chi connectivity index (χ1v) is 9.03. The number of benzene rings is 1. The van der Waals surface area contributed by atoms with Crippen molar-refractivity contribution in [3.63, 3.8) is 0 Å². The van der Waals surface area contributed by atoms with Crippen molar-refractivity contribution in [2.75, 3.05) is 6.54 Å². The summed E-state index contributed by atoms with van der Waals surface area (Å²) < 4.78 is 0. The predicted molar refractivity (Wildman–Crippen MR) is 92.6 cm³/mol. The highest BCUT2D eigenvalue weighted by Crippen LogP contribution is 2.28. The van der Waals surface area contributed by atoms with Crippen molar-refractivity contribution in [3.8, 4) is 10.4 Å². The standard InChI is InChI=1S/C19H25NS/c1-15-4-6-16(7-5-15)13-20-14-17-8-10-18(11-9-17)19-3-2-12-21-19/h2-3,8-12,15-16,20H,4-7,13-14H2,1H3. The summed E-state index contributed by atoms with van der Waals surface area (Å²) in [5.74, 6) is 1.85. The zero-order chi connectivity index (χ0) is 14.5. The first kappa shape index (κ1) is 14.8. The van der Waals surface area contributed by atoms with E-state index in [4.69, 9.17) is 0 Å². The van der Waals surface area contributed by atoms with Crippen LogP contribution in [-0.2, 0) is 6.54 Å². The van der Waals surface area contributed by atoms with E-state index in [-0.39, 0.29) is 0 Å². The van der Waals surface area contributed by atoms with Crippen LogP contribution in [0.25, 0.3) is 10.4 Å². The fourth-order valence-corrected chi connectivity index (χ4v) is 3.92. The van der Waals surface area contributed by atoms with E-state index < -0.39 is 0 Å². The Bertz CT molecular complexity index is 521. The van der Waals surface area contributed by atoms with Crippen molar-refractivity contribution < 1.29 is 0 Å². The van der Waals surface area contributed by atoms with E-state index in [9.17, 15) is 0 Å². The molecule has 21 heavy (non-hydrogen) atoms. The van der Waals surface area contributed by atoms with Crippen molar-refractivity contribution in [1.82, 2.24) is 5.32 Å². The van der Waals surface area contributed by atoms with Crippen molar-refractivity contribution in [2.45, 2.75) is 39.2 Å². The maximum atomic E-state index is 3.64. The molecule has 0 bridgehead atoms. The van der Waals surface area contributed by atoms with Crippen LogP contribution in [0.3, 0.4) is 0 Å². The van der Waals surface area contributed by atoms with E-state index >= 15 is 0 Å². The van der Waals surface area contributed by atoms with Gasteiger partial charge in [0.15, 0.2) is 0 Å². The van der Waals surface area contributed by atoms with Crippen molar-refractivity contribution >= 4 is 11.3 Å². The fraction of sp³-hybridized carbons (Fsp3) is 0.474. The first-order valence-electron chi connectivity index (χ1n) is 8.15. The summed E-state index contributed by atoms with van der Waals surface area (Å²) in [6, 6.07) is 13.3. The van der Waals surface area contributed by atoms with Crippen molar-refractivity contribution in [1.29, 1.82) is 0 Å². The molecule has 1 heterocycles. The van der Waals surface area contributed by atoms with E-state index in [0.29, 0.717) is 0 Å². The van der Waals surface area contributed by atoms with Gasteiger partial charge in [-0.2, -0.15) is 0 Å². The Morgan fingerprint density at radius 2 is 1.81 bits per heavy atom. The molecule has 2 heteroatoms. The average Bonchev–Trinajstić information content (AvgIpc) is 3.04. The summed E-state index contributed by atoms with van der Waals surface area (Å²) in [7, 11) is 0. The lowest BCUT2D eigenvalue weighted by Gasteiger charge is -2.26. The zero-order valence-electron chi connectivity index (χ0n) is 12.8. The molecule has 1 aromatic heterocycles. The third-order valence-corrected chi connectivity index (χ3v) is 5.58. The molecule has 0 atom stereocenters.